The van der Waals surface area contributed by atoms with E-state index in [1.165, 1.54) is 46.1 Å². The lowest BCUT2D eigenvalue weighted by Crippen LogP contribution is -2.47. The summed E-state index contributed by atoms with van der Waals surface area (Å²) in [6, 6.07) is 10.3. The average Bonchev–Trinajstić information content (AvgIpc) is 2.89. The molecule has 0 aliphatic carbocycles. The summed E-state index contributed by atoms with van der Waals surface area (Å²) in [6.07, 6.45) is 1.07. The van der Waals surface area contributed by atoms with Gasteiger partial charge in [-0.1, -0.05) is 11.6 Å². The van der Waals surface area contributed by atoms with Gasteiger partial charge in [-0.15, -0.1) is 0 Å². The third-order valence-electron chi connectivity index (χ3n) is 6.74. The maximum Gasteiger partial charge on any atom is 0.243 e. The zero-order chi connectivity index (χ0) is 26.8. The van der Waals surface area contributed by atoms with Crippen LogP contribution in [0.15, 0.2) is 52.3 Å². The molecule has 0 aromatic heterocycles. The number of carbonyl (C=O) groups excluding carboxylic acids is 1. The molecule has 2 aromatic carbocycles. The minimum Gasteiger partial charge on any atom is -0.495 e. The number of sulfonamides is 2. The number of hydrogen-bond donors (Lipinski definition) is 1. The Morgan fingerprint density at radius 1 is 0.919 bits per heavy atom. The molecule has 2 saturated heterocycles. The summed E-state index contributed by atoms with van der Waals surface area (Å²) in [5, 5.41) is 2.99. The first kappa shape index (κ1) is 27.8. The lowest BCUT2D eigenvalue weighted by Gasteiger charge is -2.31. The summed E-state index contributed by atoms with van der Waals surface area (Å²) in [6.45, 7) is 2.55. The molecule has 10 nitrogen and oxygen atoms in total. The first-order valence-corrected chi connectivity index (χ1v) is 15.2. The number of rotatable bonds is 7. The number of methoxy groups -OCH3 is 1. The average molecular weight is 571 g/mol. The maximum atomic E-state index is 13.2. The topological polar surface area (TPSA) is 116 Å². The van der Waals surface area contributed by atoms with Crippen LogP contribution in [-0.2, 0) is 24.8 Å². The second-order valence-electron chi connectivity index (χ2n) is 9.22. The fraction of sp³-hybridized carbons (Fsp3) is 0.458. The van der Waals surface area contributed by atoms with E-state index < -0.39 is 26.0 Å². The normalized spacial score (nSPS) is 20.5. The van der Waals surface area contributed by atoms with Gasteiger partial charge in [0.15, 0.2) is 0 Å². The van der Waals surface area contributed by atoms with Gasteiger partial charge in [0, 0.05) is 45.0 Å². The standard InChI is InChI=1S/C24H31ClN4O6S2/c1-27-12-14-28(15-13-27)36(31,32)20-7-5-19(6-8-20)26-24(30)18-4-3-11-29(17-18)37(33,34)21-9-10-23(35-2)22(25)16-21/h5-10,16,18H,3-4,11-15,17H2,1-2H3,(H,26,30)/t18-/m1/s1. The molecule has 0 bridgehead atoms. The Hall–Kier alpha value is -2.22. The zero-order valence-electron chi connectivity index (χ0n) is 20.8. The van der Waals surface area contributed by atoms with E-state index >= 15 is 0 Å². The van der Waals surface area contributed by atoms with Gasteiger partial charge in [-0.05, 0) is 62.4 Å². The molecule has 2 heterocycles. The van der Waals surface area contributed by atoms with Gasteiger partial charge < -0.3 is 15.0 Å². The Balaban J connectivity index is 1.41. The number of hydrogen-bond acceptors (Lipinski definition) is 7. The fourth-order valence-electron chi connectivity index (χ4n) is 4.46. The number of carbonyl (C=O) groups is 1. The largest absolute Gasteiger partial charge is 0.495 e. The Bertz CT molecular complexity index is 1340. The monoisotopic (exact) mass is 570 g/mol. The second-order valence-corrected chi connectivity index (χ2v) is 13.5. The highest BCUT2D eigenvalue weighted by Gasteiger charge is 2.34. The van der Waals surface area contributed by atoms with Crippen LogP contribution >= 0.6 is 11.6 Å². The van der Waals surface area contributed by atoms with Gasteiger partial charge in [-0.25, -0.2) is 16.8 Å². The van der Waals surface area contributed by atoms with Gasteiger partial charge in [-0.3, -0.25) is 4.79 Å². The highest BCUT2D eigenvalue weighted by atomic mass is 35.5. The molecule has 1 N–H and O–H groups in total. The summed E-state index contributed by atoms with van der Waals surface area (Å²) in [7, 11) is -4.05. The predicted octanol–water partition coefficient (Wildman–Crippen LogP) is 2.32. The molecule has 37 heavy (non-hydrogen) atoms. The molecule has 1 atom stereocenters. The van der Waals surface area contributed by atoms with E-state index in [4.69, 9.17) is 16.3 Å². The van der Waals surface area contributed by atoms with Crippen molar-refractivity contribution in [3.05, 3.63) is 47.5 Å². The highest BCUT2D eigenvalue weighted by Crippen LogP contribution is 2.30. The minimum atomic E-state index is -3.85. The number of amides is 1. The summed E-state index contributed by atoms with van der Waals surface area (Å²) in [5.41, 5.74) is 0.448. The molecule has 2 aliphatic rings. The molecule has 4 rings (SSSR count). The van der Waals surface area contributed by atoms with Crippen molar-refractivity contribution in [2.75, 3.05) is 58.7 Å². The Morgan fingerprint density at radius 3 is 2.16 bits per heavy atom. The molecule has 1 amide bonds. The van der Waals surface area contributed by atoms with E-state index in [2.05, 4.69) is 10.2 Å². The molecule has 0 unspecified atom stereocenters. The van der Waals surface area contributed by atoms with E-state index in [1.807, 2.05) is 7.05 Å². The van der Waals surface area contributed by atoms with Crippen molar-refractivity contribution in [3.63, 3.8) is 0 Å². The molecule has 2 aromatic rings. The van der Waals surface area contributed by atoms with Gasteiger partial charge >= 0.3 is 0 Å². The van der Waals surface area contributed by atoms with E-state index in [1.54, 1.807) is 12.1 Å². The van der Waals surface area contributed by atoms with Crippen molar-refractivity contribution in [3.8, 4) is 5.75 Å². The quantitative estimate of drug-likeness (QED) is 0.543. The van der Waals surface area contributed by atoms with Gasteiger partial charge in [0.25, 0.3) is 0 Å². The number of piperidine rings is 1. The molecular formula is C24H31ClN4O6S2. The minimum absolute atomic E-state index is 0.0354. The summed E-state index contributed by atoms with van der Waals surface area (Å²) >= 11 is 6.12. The van der Waals surface area contributed by atoms with E-state index in [9.17, 15) is 21.6 Å². The van der Waals surface area contributed by atoms with Crippen LogP contribution in [0.25, 0.3) is 0 Å². The Morgan fingerprint density at radius 2 is 1.54 bits per heavy atom. The van der Waals surface area contributed by atoms with Crippen LogP contribution in [0.5, 0.6) is 5.75 Å². The number of anilines is 1. The third-order valence-corrected chi connectivity index (χ3v) is 10.8. The number of likely N-dealkylation sites (N-methyl/N-ethyl adjacent to an activating group) is 1. The van der Waals surface area contributed by atoms with Crippen LogP contribution in [0.3, 0.4) is 0 Å². The van der Waals surface area contributed by atoms with Crippen molar-refractivity contribution in [1.29, 1.82) is 0 Å². The lowest BCUT2D eigenvalue weighted by molar-refractivity contribution is -0.120. The van der Waals surface area contributed by atoms with Crippen molar-refractivity contribution in [2.24, 2.45) is 5.92 Å². The number of benzene rings is 2. The SMILES string of the molecule is COc1ccc(S(=O)(=O)N2CCC[C@@H](C(=O)Nc3ccc(S(=O)(=O)N4CCN(C)CC4)cc3)C2)cc1Cl. The Labute approximate surface area is 223 Å². The van der Waals surface area contributed by atoms with E-state index in [0.717, 1.165) is 0 Å². The van der Waals surface area contributed by atoms with Crippen LogP contribution in [0.1, 0.15) is 12.8 Å². The highest BCUT2D eigenvalue weighted by molar-refractivity contribution is 7.89. The van der Waals surface area contributed by atoms with Crippen molar-refractivity contribution >= 4 is 43.2 Å². The summed E-state index contributed by atoms with van der Waals surface area (Å²) < 4.78 is 60.1. The van der Waals surface area contributed by atoms with Gasteiger partial charge in [0.05, 0.1) is 27.8 Å². The summed E-state index contributed by atoms with van der Waals surface area (Å²) in [5.74, 6) is -0.493. The van der Waals surface area contributed by atoms with E-state index in [0.29, 0.717) is 57.0 Å². The van der Waals surface area contributed by atoms with Crippen LogP contribution in [0.2, 0.25) is 5.02 Å². The lowest BCUT2D eigenvalue weighted by atomic mass is 9.99. The molecule has 0 spiro atoms. The van der Waals surface area contributed by atoms with Crippen LogP contribution in [0, 0.1) is 5.92 Å². The molecular weight excluding hydrogens is 540 g/mol. The molecule has 202 valence electrons. The number of nitrogens with one attached hydrogen (secondary N) is 1. The maximum absolute atomic E-state index is 13.2. The van der Waals surface area contributed by atoms with Crippen molar-refractivity contribution in [2.45, 2.75) is 22.6 Å². The van der Waals surface area contributed by atoms with Crippen molar-refractivity contribution in [1.82, 2.24) is 13.5 Å². The molecule has 2 aliphatic heterocycles. The van der Waals surface area contributed by atoms with Gasteiger partial charge in [0.1, 0.15) is 5.75 Å². The number of piperazine rings is 1. The first-order chi connectivity index (χ1) is 17.5. The number of nitrogens with zero attached hydrogens (tertiary/aromatic N) is 3. The van der Waals surface area contributed by atoms with E-state index in [-0.39, 0.29) is 27.3 Å². The zero-order valence-corrected chi connectivity index (χ0v) is 23.2. The third kappa shape index (κ3) is 6.10. The predicted molar refractivity (Wildman–Crippen MR) is 141 cm³/mol. The van der Waals surface area contributed by atoms with Crippen LogP contribution < -0.4 is 10.1 Å². The van der Waals surface area contributed by atoms with Gasteiger partial charge in [-0.2, -0.15) is 8.61 Å². The molecule has 2 fully saturated rings. The molecule has 13 heteroatoms. The van der Waals surface area contributed by atoms with Crippen LogP contribution in [0.4, 0.5) is 5.69 Å². The number of ether oxygens (including phenoxy) is 1. The summed E-state index contributed by atoms with van der Waals surface area (Å²) in [4.78, 5) is 15.3. The smallest absolute Gasteiger partial charge is 0.243 e. The first-order valence-electron chi connectivity index (χ1n) is 12.0. The molecule has 0 saturated carbocycles. The fourth-order valence-corrected chi connectivity index (χ4v) is 7.76. The second kappa shape index (κ2) is 11.3. The Kier molecular flexibility index (Phi) is 8.46. The van der Waals surface area contributed by atoms with Crippen LogP contribution in [-0.4, -0.2) is 89.7 Å². The van der Waals surface area contributed by atoms with Gasteiger partial charge in [0.2, 0.25) is 26.0 Å². The number of halogens is 1. The molecule has 0 radical (unpaired) electrons. The van der Waals surface area contributed by atoms with Crippen molar-refractivity contribution < 1.29 is 26.4 Å².